The van der Waals surface area contributed by atoms with E-state index in [2.05, 4.69) is 5.32 Å². The molecule has 2 aromatic rings. The maximum absolute atomic E-state index is 12.7. The normalized spacial score (nSPS) is 15.7. The van der Waals surface area contributed by atoms with Crippen LogP contribution in [0.1, 0.15) is 16.7 Å². The molecule has 6 nitrogen and oxygen atoms in total. The van der Waals surface area contributed by atoms with Crippen LogP contribution in [0.5, 0.6) is 0 Å². The van der Waals surface area contributed by atoms with Crippen molar-refractivity contribution < 1.29 is 13.2 Å². The van der Waals surface area contributed by atoms with Crippen LogP contribution in [-0.2, 0) is 10.0 Å². The van der Waals surface area contributed by atoms with E-state index in [0.717, 1.165) is 16.7 Å². The molecule has 2 aromatic carbocycles. The second-order valence-corrected chi connectivity index (χ2v) is 8.84. The number of amides is 2. The fraction of sp³-hybridized carbons (Fsp3) is 0.286. The van der Waals surface area contributed by atoms with E-state index in [4.69, 9.17) is 0 Å². The fourth-order valence-corrected chi connectivity index (χ4v) is 4.49. The van der Waals surface area contributed by atoms with E-state index in [1.165, 1.54) is 4.31 Å². The lowest BCUT2D eigenvalue weighted by Gasteiger charge is -2.33. The third kappa shape index (κ3) is 4.79. The Morgan fingerprint density at radius 2 is 1.64 bits per heavy atom. The summed E-state index contributed by atoms with van der Waals surface area (Å²) < 4.78 is 26.9. The average Bonchev–Trinajstić information content (AvgIpc) is 2.68. The van der Waals surface area contributed by atoms with Gasteiger partial charge in [0.25, 0.3) is 0 Å². The number of carbonyl (C=O) groups is 1. The van der Waals surface area contributed by atoms with Crippen LogP contribution in [0.4, 0.5) is 4.79 Å². The van der Waals surface area contributed by atoms with Gasteiger partial charge in [0.1, 0.15) is 0 Å². The smallest absolute Gasteiger partial charge is 0.321 e. The number of benzene rings is 2. The van der Waals surface area contributed by atoms with Crippen LogP contribution in [-0.4, -0.2) is 49.8 Å². The van der Waals surface area contributed by atoms with Crippen molar-refractivity contribution in [3.05, 3.63) is 71.4 Å². The minimum Gasteiger partial charge on any atom is -0.322 e. The quantitative estimate of drug-likeness (QED) is 0.859. The van der Waals surface area contributed by atoms with Crippen molar-refractivity contribution >= 4 is 22.1 Å². The summed E-state index contributed by atoms with van der Waals surface area (Å²) in [5.41, 5.74) is 3.17. The average molecular weight is 400 g/mol. The Labute approximate surface area is 166 Å². The van der Waals surface area contributed by atoms with E-state index in [-0.39, 0.29) is 24.0 Å². The van der Waals surface area contributed by atoms with Crippen molar-refractivity contribution in [2.75, 3.05) is 26.2 Å². The van der Waals surface area contributed by atoms with Crippen molar-refractivity contribution in [3.63, 3.8) is 0 Å². The van der Waals surface area contributed by atoms with E-state index in [1.807, 2.05) is 44.2 Å². The van der Waals surface area contributed by atoms with Gasteiger partial charge in [-0.3, -0.25) is 0 Å². The molecule has 0 bridgehead atoms. The lowest BCUT2D eigenvalue weighted by molar-refractivity contribution is 0.175. The summed E-state index contributed by atoms with van der Waals surface area (Å²) in [5.74, 6) is 0. The molecule has 1 saturated heterocycles. The molecule has 7 heteroatoms. The molecule has 1 N–H and O–H groups in total. The zero-order valence-electron chi connectivity index (χ0n) is 16.1. The van der Waals surface area contributed by atoms with E-state index in [0.29, 0.717) is 13.1 Å². The molecule has 28 heavy (non-hydrogen) atoms. The first-order valence-corrected chi connectivity index (χ1v) is 10.7. The van der Waals surface area contributed by atoms with Gasteiger partial charge in [-0.2, -0.15) is 4.31 Å². The highest BCUT2D eigenvalue weighted by Crippen LogP contribution is 2.18. The third-order valence-corrected chi connectivity index (χ3v) is 6.62. The number of aryl methyl sites for hydroxylation is 2. The number of piperazine rings is 1. The summed E-state index contributed by atoms with van der Waals surface area (Å²) >= 11 is 0. The highest BCUT2D eigenvalue weighted by molar-refractivity contribution is 7.89. The molecule has 0 aromatic heterocycles. The fourth-order valence-electron chi connectivity index (χ4n) is 3.07. The van der Waals surface area contributed by atoms with Crippen molar-refractivity contribution in [3.8, 4) is 0 Å². The SMILES string of the molecule is Cc1ccc(S(=O)(=O)N2CCN(C(=O)N/C=C/c3cccc(C)c3)CC2)cc1. The van der Waals surface area contributed by atoms with E-state index < -0.39 is 10.0 Å². The van der Waals surface area contributed by atoms with Gasteiger partial charge in [-0.1, -0.05) is 47.5 Å². The number of nitrogens with one attached hydrogen (secondary N) is 1. The van der Waals surface area contributed by atoms with Crippen LogP contribution < -0.4 is 5.32 Å². The molecule has 0 aliphatic carbocycles. The summed E-state index contributed by atoms with van der Waals surface area (Å²) in [4.78, 5) is 14.2. The molecule has 1 fully saturated rings. The van der Waals surface area contributed by atoms with Crippen LogP contribution in [0.15, 0.2) is 59.6 Å². The zero-order chi connectivity index (χ0) is 20.1. The molecular weight excluding hydrogens is 374 g/mol. The highest BCUT2D eigenvalue weighted by Gasteiger charge is 2.29. The molecule has 0 radical (unpaired) electrons. The number of urea groups is 1. The topological polar surface area (TPSA) is 69.7 Å². The van der Waals surface area contributed by atoms with Gasteiger partial charge in [-0.15, -0.1) is 0 Å². The first-order chi connectivity index (χ1) is 13.4. The van der Waals surface area contributed by atoms with Crippen molar-refractivity contribution in [1.29, 1.82) is 0 Å². The molecule has 1 aliphatic heterocycles. The van der Waals surface area contributed by atoms with Gasteiger partial charge in [-0.25, -0.2) is 13.2 Å². The molecule has 3 rings (SSSR count). The molecule has 1 aliphatic rings. The Hall–Kier alpha value is -2.64. The van der Waals surface area contributed by atoms with Crippen LogP contribution >= 0.6 is 0 Å². The maximum Gasteiger partial charge on any atom is 0.321 e. The highest BCUT2D eigenvalue weighted by atomic mass is 32.2. The van der Waals surface area contributed by atoms with Crippen LogP contribution in [0, 0.1) is 13.8 Å². The van der Waals surface area contributed by atoms with Crippen LogP contribution in [0.3, 0.4) is 0 Å². The van der Waals surface area contributed by atoms with E-state index >= 15 is 0 Å². The van der Waals surface area contributed by atoms with Crippen molar-refractivity contribution in [1.82, 2.24) is 14.5 Å². The predicted octanol–water partition coefficient (Wildman–Crippen LogP) is 2.99. The maximum atomic E-state index is 12.7. The Balaban J connectivity index is 1.54. The number of rotatable bonds is 4. The van der Waals surface area contributed by atoms with Gasteiger partial charge in [0.05, 0.1) is 4.90 Å². The first-order valence-electron chi connectivity index (χ1n) is 9.22. The number of nitrogens with zero attached hydrogens (tertiary/aromatic N) is 2. The zero-order valence-corrected chi connectivity index (χ0v) is 16.9. The number of hydrogen-bond acceptors (Lipinski definition) is 3. The summed E-state index contributed by atoms with van der Waals surface area (Å²) in [6, 6.07) is 14.6. The van der Waals surface area contributed by atoms with E-state index in [1.54, 1.807) is 35.4 Å². The molecule has 0 unspecified atom stereocenters. The molecule has 1 heterocycles. The lowest BCUT2D eigenvalue weighted by atomic mass is 10.1. The summed E-state index contributed by atoms with van der Waals surface area (Å²) in [6.45, 7) is 5.21. The monoisotopic (exact) mass is 399 g/mol. The van der Waals surface area contributed by atoms with Crippen molar-refractivity contribution in [2.45, 2.75) is 18.7 Å². The predicted molar refractivity (Wildman–Crippen MR) is 110 cm³/mol. The third-order valence-electron chi connectivity index (χ3n) is 4.71. The van der Waals surface area contributed by atoms with Crippen LogP contribution in [0.2, 0.25) is 0 Å². The summed E-state index contributed by atoms with van der Waals surface area (Å²) in [5, 5.41) is 2.75. The minimum atomic E-state index is -3.52. The Morgan fingerprint density at radius 3 is 2.29 bits per heavy atom. The van der Waals surface area contributed by atoms with E-state index in [9.17, 15) is 13.2 Å². The second-order valence-electron chi connectivity index (χ2n) is 6.90. The van der Waals surface area contributed by atoms with Crippen LogP contribution in [0.25, 0.3) is 6.08 Å². The van der Waals surface area contributed by atoms with Crippen molar-refractivity contribution in [2.24, 2.45) is 0 Å². The summed E-state index contributed by atoms with van der Waals surface area (Å²) in [7, 11) is -3.52. The molecule has 0 saturated carbocycles. The standard InChI is InChI=1S/C21H25N3O3S/c1-17-6-8-20(9-7-17)28(26,27)24-14-12-23(13-15-24)21(25)22-11-10-19-5-3-4-18(2)16-19/h3-11,16H,12-15H2,1-2H3,(H,22,25)/b11-10+. The molecule has 0 spiro atoms. The van der Waals surface area contributed by atoms with Gasteiger partial charge in [-0.05, 0) is 37.6 Å². The molecule has 0 atom stereocenters. The van der Waals surface area contributed by atoms with Gasteiger partial charge in [0.2, 0.25) is 10.0 Å². The van der Waals surface area contributed by atoms with Gasteiger partial charge in [0, 0.05) is 32.4 Å². The summed E-state index contributed by atoms with van der Waals surface area (Å²) in [6.07, 6.45) is 3.45. The minimum absolute atomic E-state index is 0.226. The lowest BCUT2D eigenvalue weighted by Crippen LogP contribution is -2.52. The largest absolute Gasteiger partial charge is 0.322 e. The Morgan fingerprint density at radius 1 is 0.964 bits per heavy atom. The van der Waals surface area contributed by atoms with Gasteiger partial charge >= 0.3 is 6.03 Å². The van der Waals surface area contributed by atoms with Gasteiger partial charge < -0.3 is 10.2 Å². The Kier molecular flexibility index (Phi) is 6.16. The Bertz CT molecular complexity index is 961. The number of sulfonamides is 1. The number of hydrogen-bond donors (Lipinski definition) is 1. The molecule has 148 valence electrons. The first kappa shape index (κ1) is 20.1. The number of carbonyl (C=O) groups excluding carboxylic acids is 1. The molecule has 2 amide bonds. The second kappa shape index (κ2) is 8.58. The van der Waals surface area contributed by atoms with Gasteiger partial charge in [0.15, 0.2) is 0 Å². The molecular formula is C21H25N3O3S.